The third-order valence-electron chi connectivity index (χ3n) is 5.05. The maximum atomic E-state index is 12.5. The first kappa shape index (κ1) is 19.0. The molecule has 0 aromatic heterocycles. The number of carbonyl (C=O) groups excluding carboxylic acids is 3. The molecule has 1 heterocycles. The molecule has 6 nitrogen and oxygen atoms in total. The number of likely N-dealkylation sites (tertiary alicyclic amines) is 1. The van der Waals surface area contributed by atoms with Crippen LogP contribution in [0.15, 0.2) is 24.3 Å². The van der Waals surface area contributed by atoms with E-state index in [-0.39, 0.29) is 11.9 Å². The minimum Gasteiger partial charge on any atom is -0.339 e. The summed E-state index contributed by atoms with van der Waals surface area (Å²) in [6.45, 7) is 9.08. The van der Waals surface area contributed by atoms with Gasteiger partial charge in [-0.05, 0) is 37.8 Å². The van der Waals surface area contributed by atoms with Crippen molar-refractivity contribution in [1.29, 1.82) is 0 Å². The Morgan fingerprint density at radius 1 is 1.24 bits per heavy atom. The lowest BCUT2D eigenvalue weighted by Crippen LogP contribution is -2.42. The highest BCUT2D eigenvalue weighted by Crippen LogP contribution is 2.24. The van der Waals surface area contributed by atoms with Gasteiger partial charge in [0.15, 0.2) is 0 Å². The summed E-state index contributed by atoms with van der Waals surface area (Å²) in [5, 5.41) is 2.72. The Balaban J connectivity index is 2.11. The van der Waals surface area contributed by atoms with Gasteiger partial charge in [0.1, 0.15) is 0 Å². The number of anilines is 1. The smallest absolute Gasteiger partial charge is 0.313 e. The summed E-state index contributed by atoms with van der Waals surface area (Å²) in [5.74, 6) is -0.748. The molecule has 0 saturated carbocycles. The first-order chi connectivity index (χ1) is 11.8. The molecule has 0 spiro atoms. The fourth-order valence-electron chi connectivity index (χ4n) is 3.12. The number of nitrogens with one attached hydrogen (secondary N) is 1. The van der Waals surface area contributed by atoms with Crippen molar-refractivity contribution in [2.24, 2.45) is 5.92 Å². The van der Waals surface area contributed by atoms with Gasteiger partial charge in [0, 0.05) is 38.3 Å². The van der Waals surface area contributed by atoms with E-state index in [1.165, 1.54) is 6.92 Å². The molecule has 1 aliphatic heterocycles. The van der Waals surface area contributed by atoms with Crippen LogP contribution in [0.5, 0.6) is 0 Å². The topological polar surface area (TPSA) is 69.7 Å². The molecule has 2 atom stereocenters. The summed E-state index contributed by atoms with van der Waals surface area (Å²) in [7, 11) is 0. The second-order valence-corrected chi connectivity index (χ2v) is 6.65. The van der Waals surface area contributed by atoms with Crippen LogP contribution in [-0.2, 0) is 20.9 Å². The van der Waals surface area contributed by atoms with Crippen molar-refractivity contribution in [2.45, 2.75) is 46.7 Å². The predicted molar refractivity (Wildman–Crippen MR) is 96.8 cm³/mol. The van der Waals surface area contributed by atoms with E-state index in [9.17, 15) is 14.4 Å². The van der Waals surface area contributed by atoms with Gasteiger partial charge in [-0.25, -0.2) is 0 Å². The lowest BCUT2D eigenvalue weighted by atomic mass is 10.1. The van der Waals surface area contributed by atoms with E-state index in [4.69, 9.17) is 0 Å². The molecule has 2 unspecified atom stereocenters. The van der Waals surface area contributed by atoms with Crippen LogP contribution in [0.4, 0.5) is 5.69 Å². The summed E-state index contributed by atoms with van der Waals surface area (Å²) in [4.78, 5) is 39.8. The van der Waals surface area contributed by atoms with Crippen molar-refractivity contribution in [2.75, 3.05) is 18.4 Å². The monoisotopic (exact) mass is 345 g/mol. The Morgan fingerprint density at radius 2 is 1.92 bits per heavy atom. The van der Waals surface area contributed by atoms with Gasteiger partial charge in [0.25, 0.3) is 0 Å². The minimum atomic E-state index is -0.626. The summed E-state index contributed by atoms with van der Waals surface area (Å²) >= 11 is 0. The fourth-order valence-corrected chi connectivity index (χ4v) is 3.12. The molecule has 1 fully saturated rings. The normalized spacial score (nSPS) is 19.6. The summed E-state index contributed by atoms with van der Waals surface area (Å²) < 4.78 is 0. The predicted octanol–water partition coefficient (Wildman–Crippen LogP) is 2.25. The lowest BCUT2D eigenvalue weighted by Gasteiger charge is -2.24. The van der Waals surface area contributed by atoms with E-state index in [1.54, 1.807) is 21.9 Å². The van der Waals surface area contributed by atoms with Gasteiger partial charge in [-0.2, -0.15) is 0 Å². The van der Waals surface area contributed by atoms with Gasteiger partial charge in [0.2, 0.25) is 5.91 Å². The number of amides is 3. The van der Waals surface area contributed by atoms with Gasteiger partial charge in [-0.15, -0.1) is 0 Å². The Kier molecular flexibility index (Phi) is 6.17. The standard InChI is InChI=1S/C19H27N3O3/c1-5-21(15(4)23)12-16-8-6-7-9-17(16)20-18(24)19(25)22-11-10-13(2)14(22)3/h6-9,13-14H,5,10-12H2,1-4H3,(H,20,24). The number of para-hydroxylation sites is 1. The van der Waals surface area contributed by atoms with Crippen molar-refractivity contribution < 1.29 is 14.4 Å². The zero-order valence-electron chi connectivity index (χ0n) is 15.4. The SMILES string of the molecule is CCN(Cc1ccccc1NC(=O)C(=O)N1CCC(C)C1C)C(C)=O. The molecule has 0 bridgehead atoms. The van der Waals surface area contributed by atoms with E-state index < -0.39 is 11.8 Å². The van der Waals surface area contributed by atoms with E-state index >= 15 is 0 Å². The number of rotatable bonds is 4. The third kappa shape index (κ3) is 4.38. The third-order valence-corrected chi connectivity index (χ3v) is 5.05. The average molecular weight is 345 g/mol. The van der Waals surface area contributed by atoms with Crippen molar-refractivity contribution in [1.82, 2.24) is 9.80 Å². The van der Waals surface area contributed by atoms with E-state index in [0.717, 1.165) is 12.0 Å². The molecule has 136 valence electrons. The van der Waals surface area contributed by atoms with Crippen LogP contribution in [0.3, 0.4) is 0 Å². The van der Waals surface area contributed by atoms with Gasteiger partial charge in [-0.3, -0.25) is 14.4 Å². The first-order valence-corrected chi connectivity index (χ1v) is 8.80. The zero-order chi connectivity index (χ0) is 18.6. The quantitative estimate of drug-likeness (QED) is 0.851. The van der Waals surface area contributed by atoms with Gasteiger partial charge in [0.05, 0.1) is 0 Å². The second-order valence-electron chi connectivity index (χ2n) is 6.65. The number of hydrogen-bond donors (Lipinski definition) is 1. The molecule has 25 heavy (non-hydrogen) atoms. The molecule has 0 aliphatic carbocycles. The van der Waals surface area contributed by atoms with Crippen LogP contribution >= 0.6 is 0 Å². The van der Waals surface area contributed by atoms with E-state index in [2.05, 4.69) is 12.2 Å². The van der Waals surface area contributed by atoms with E-state index in [1.807, 2.05) is 26.0 Å². The van der Waals surface area contributed by atoms with Crippen LogP contribution in [0.1, 0.15) is 39.7 Å². The van der Waals surface area contributed by atoms with Crippen LogP contribution in [0, 0.1) is 5.92 Å². The molecule has 1 N–H and O–H groups in total. The van der Waals surface area contributed by atoms with Crippen LogP contribution in [-0.4, -0.2) is 46.7 Å². The summed E-state index contributed by atoms with van der Waals surface area (Å²) in [5.41, 5.74) is 1.38. The molecular weight excluding hydrogens is 318 g/mol. The highest BCUT2D eigenvalue weighted by atomic mass is 16.2. The maximum Gasteiger partial charge on any atom is 0.313 e. The van der Waals surface area contributed by atoms with Crippen LogP contribution in [0.2, 0.25) is 0 Å². The molecule has 1 aromatic rings. The number of carbonyl (C=O) groups is 3. The molecule has 1 saturated heterocycles. The van der Waals surface area contributed by atoms with Crippen LogP contribution < -0.4 is 5.32 Å². The van der Waals surface area contributed by atoms with Crippen molar-refractivity contribution in [3.05, 3.63) is 29.8 Å². The number of benzene rings is 1. The Bertz CT molecular complexity index is 659. The van der Waals surface area contributed by atoms with Crippen molar-refractivity contribution in [3.8, 4) is 0 Å². The maximum absolute atomic E-state index is 12.5. The number of hydrogen-bond acceptors (Lipinski definition) is 3. The van der Waals surface area contributed by atoms with E-state index in [0.29, 0.717) is 31.2 Å². The van der Waals surface area contributed by atoms with Gasteiger partial charge < -0.3 is 15.1 Å². The lowest BCUT2D eigenvalue weighted by molar-refractivity contribution is -0.143. The Hall–Kier alpha value is -2.37. The van der Waals surface area contributed by atoms with Crippen molar-refractivity contribution >= 4 is 23.4 Å². The van der Waals surface area contributed by atoms with Gasteiger partial charge in [-0.1, -0.05) is 25.1 Å². The molecule has 2 rings (SSSR count). The second kappa shape index (κ2) is 8.14. The highest BCUT2D eigenvalue weighted by molar-refractivity contribution is 6.39. The van der Waals surface area contributed by atoms with Crippen LogP contribution in [0.25, 0.3) is 0 Å². The number of nitrogens with zero attached hydrogens (tertiary/aromatic N) is 2. The minimum absolute atomic E-state index is 0.0282. The largest absolute Gasteiger partial charge is 0.339 e. The average Bonchev–Trinajstić information content (AvgIpc) is 2.92. The fraction of sp³-hybridized carbons (Fsp3) is 0.526. The molecule has 0 radical (unpaired) electrons. The molecule has 1 aliphatic rings. The molecule has 3 amide bonds. The highest BCUT2D eigenvalue weighted by Gasteiger charge is 2.34. The van der Waals surface area contributed by atoms with Gasteiger partial charge >= 0.3 is 11.8 Å². The molecule has 6 heteroatoms. The zero-order valence-corrected chi connectivity index (χ0v) is 15.4. The molecule has 1 aromatic carbocycles. The Labute approximate surface area is 149 Å². The summed E-state index contributed by atoms with van der Waals surface area (Å²) in [6.07, 6.45) is 0.918. The first-order valence-electron chi connectivity index (χ1n) is 8.80. The summed E-state index contributed by atoms with van der Waals surface area (Å²) in [6, 6.07) is 7.33. The van der Waals surface area contributed by atoms with Crippen molar-refractivity contribution in [3.63, 3.8) is 0 Å². The molecular formula is C19H27N3O3. The Morgan fingerprint density at radius 3 is 2.48 bits per heavy atom.